The van der Waals surface area contributed by atoms with Gasteiger partial charge in [0, 0.05) is 54.8 Å². The van der Waals surface area contributed by atoms with Gasteiger partial charge in [-0.15, -0.1) is 0 Å². The first-order valence-electron chi connectivity index (χ1n) is 15.2. The molecule has 10 heteroatoms. The Kier molecular flexibility index (Phi) is 8.57. The van der Waals surface area contributed by atoms with Crippen LogP contribution in [0.1, 0.15) is 32.8 Å². The lowest BCUT2D eigenvalue weighted by Crippen LogP contribution is -2.44. The second-order valence-corrected chi connectivity index (χ2v) is 12.7. The van der Waals surface area contributed by atoms with Gasteiger partial charge in [0.15, 0.2) is 11.6 Å². The smallest absolute Gasteiger partial charge is 0.165 e. The van der Waals surface area contributed by atoms with E-state index in [4.69, 9.17) is 14.5 Å². The lowest BCUT2D eigenvalue weighted by Gasteiger charge is -2.36. The molecule has 1 N–H and O–H groups in total. The molecule has 3 aromatic heterocycles. The third-order valence-electron chi connectivity index (χ3n) is 8.07. The first kappa shape index (κ1) is 31.3. The van der Waals surface area contributed by atoms with Crippen molar-refractivity contribution in [2.24, 2.45) is 5.41 Å². The van der Waals surface area contributed by atoms with Crippen LogP contribution in [0.15, 0.2) is 67.0 Å². The van der Waals surface area contributed by atoms with Crippen LogP contribution in [0.25, 0.3) is 33.4 Å². The number of rotatable bonds is 7. The summed E-state index contributed by atoms with van der Waals surface area (Å²) in [6.07, 6.45) is 4.23. The van der Waals surface area contributed by atoms with Gasteiger partial charge >= 0.3 is 0 Å². The maximum atomic E-state index is 15.6. The van der Waals surface area contributed by atoms with Crippen LogP contribution in [0.3, 0.4) is 0 Å². The lowest BCUT2D eigenvalue weighted by atomic mass is 9.88. The summed E-state index contributed by atoms with van der Waals surface area (Å²) in [6.45, 7) is 10.2. The number of aromatic nitrogens is 3. The van der Waals surface area contributed by atoms with E-state index < -0.39 is 17.5 Å². The highest BCUT2D eigenvalue weighted by Crippen LogP contribution is 2.40. The topological polar surface area (TPSA) is 72.4 Å². The second kappa shape index (κ2) is 12.6. The molecule has 1 aliphatic rings. The van der Waals surface area contributed by atoms with E-state index in [1.807, 2.05) is 19.1 Å². The first-order valence-corrected chi connectivity index (χ1v) is 15.2. The number of fused-ring (bicyclic) bond motifs is 1. The van der Waals surface area contributed by atoms with E-state index >= 15 is 4.39 Å². The first-order chi connectivity index (χ1) is 22.0. The number of halogens is 3. The molecule has 1 atom stereocenters. The Morgan fingerprint density at radius 1 is 1.02 bits per heavy atom. The average Bonchev–Trinajstić information content (AvgIpc) is 3.01. The van der Waals surface area contributed by atoms with Gasteiger partial charge in [0.1, 0.15) is 17.5 Å². The minimum Gasteiger partial charge on any atom is -0.494 e. The van der Waals surface area contributed by atoms with Gasteiger partial charge in [0.25, 0.3) is 0 Å². The fourth-order valence-corrected chi connectivity index (χ4v) is 5.97. The number of methoxy groups -OCH3 is 1. The number of hydrogen-bond acceptors (Lipinski definition) is 7. The Morgan fingerprint density at radius 3 is 2.57 bits per heavy atom. The Morgan fingerprint density at radius 2 is 1.85 bits per heavy atom. The zero-order chi connectivity index (χ0) is 32.6. The molecule has 2 aromatic carbocycles. The number of pyridine rings is 3. The second-order valence-electron chi connectivity index (χ2n) is 12.7. The molecule has 1 aliphatic heterocycles. The molecular formula is C36H36F3N5O2. The Labute approximate surface area is 266 Å². The van der Waals surface area contributed by atoms with E-state index in [1.165, 1.54) is 19.2 Å². The summed E-state index contributed by atoms with van der Waals surface area (Å²) < 4.78 is 56.3. The molecule has 0 spiro atoms. The van der Waals surface area contributed by atoms with Crippen molar-refractivity contribution >= 4 is 28.1 Å². The number of morpholine rings is 1. The molecule has 46 heavy (non-hydrogen) atoms. The molecule has 4 heterocycles. The predicted molar refractivity (Wildman–Crippen MR) is 175 cm³/mol. The number of nitrogens with one attached hydrogen (secondary N) is 1. The van der Waals surface area contributed by atoms with E-state index in [0.29, 0.717) is 65.0 Å². The largest absolute Gasteiger partial charge is 0.494 e. The molecule has 0 saturated carbocycles. The SMILES string of the molecule is COc1ccc(-c2cnc(N3CCOC(CC(C)(C)C)C3)cc2Nc2c(C)c(-c3ccccn3)nc3cc(F)cc(F)c23)cc1F. The number of hydrogen-bond donors (Lipinski definition) is 1. The summed E-state index contributed by atoms with van der Waals surface area (Å²) in [4.78, 5) is 16.0. The summed E-state index contributed by atoms with van der Waals surface area (Å²) >= 11 is 0. The van der Waals surface area contributed by atoms with E-state index in [1.54, 1.807) is 36.7 Å². The minimum atomic E-state index is -0.759. The minimum absolute atomic E-state index is 0.0265. The van der Waals surface area contributed by atoms with Crippen LogP contribution in [-0.4, -0.2) is 47.9 Å². The van der Waals surface area contributed by atoms with Crippen molar-refractivity contribution < 1.29 is 22.6 Å². The zero-order valence-electron chi connectivity index (χ0n) is 26.5. The number of ether oxygens (including phenoxy) is 2. The summed E-state index contributed by atoms with van der Waals surface area (Å²) in [5.74, 6) is -1.23. The van der Waals surface area contributed by atoms with Crippen molar-refractivity contribution in [3.8, 4) is 28.3 Å². The normalized spacial score (nSPS) is 15.3. The predicted octanol–water partition coefficient (Wildman–Crippen LogP) is 8.48. The number of benzene rings is 2. The van der Waals surface area contributed by atoms with Gasteiger partial charge in [0.05, 0.1) is 53.5 Å². The molecule has 1 unspecified atom stereocenters. The molecule has 1 saturated heterocycles. The van der Waals surface area contributed by atoms with E-state index in [0.717, 1.165) is 12.5 Å². The van der Waals surface area contributed by atoms with Gasteiger partial charge in [-0.2, -0.15) is 0 Å². The van der Waals surface area contributed by atoms with Crippen LogP contribution in [0, 0.1) is 29.8 Å². The Balaban J connectivity index is 1.52. The van der Waals surface area contributed by atoms with Gasteiger partial charge in [0.2, 0.25) is 0 Å². The van der Waals surface area contributed by atoms with Crippen molar-refractivity contribution in [2.45, 2.75) is 40.2 Å². The quantitative estimate of drug-likeness (QED) is 0.194. The molecule has 6 rings (SSSR count). The molecule has 1 fully saturated rings. The fraction of sp³-hybridized carbons (Fsp3) is 0.306. The standard InChI is InChI=1S/C36H36F3N5O2/c1-21-34(28-8-6-7-11-40-28)43-30-16-23(37)15-27(39)33(30)35(21)42-29-17-32(44-12-13-46-24(20-44)18-36(2,3)4)41-19-25(29)22-9-10-31(45-5)26(38)14-22/h6-11,14-17,19,24H,12-13,18,20H2,1-5H3,(H,41,42,43). The van der Waals surface area contributed by atoms with Crippen LogP contribution in [0.5, 0.6) is 5.75 Å². The molecule has 5 aromatic rings. The van der Waals surface area contributed by atoms with Crippen LogP contribution < -0.4 is 15.0 Å². The monoisotopic (exact) mass is 627 g/mol. The highest BCUT2D eigenvalue weighted by Gasteiger charge is 2.27. The van der Waals surface area contributed by atoms with E-state index in [9.17, 15) is 8.78 Å². The maximum absolute atomic E-state index is 15.6. The van der Waals surface area contributed by atoms with Crippen LogP contribution >= 0.6 is 0 Å². The third-order valence-corrected chi connectivity index (χ3v) is 8.07. The molecular weight excluding hydrogens is 591 g/mol. The van der Waals surface area contributed by atoms with E-state index in [2.05, 4.69) is 41.0 Å². The molecule has 0 bridgehead atoms. The third kappa shape index (κ3) is 6.48. The zero-order valence-corrected chi connectivity index (χ0v) is 26.5. The average molecular weight is 628 g/mol. The van der Waals surface area contributed by atoms with Gasteiger partial charge in [-0.25, -0.2) is 23.1 Å². The van der Waals surface area contributed by atoms with Gasteiger partial charge in [-0.1, -0.05) is 32.9 Å². The maximum Gasteiger partial charge on any atom is 0.165 e. The van der Waals surface area contributed by atoms with Gasteiger partial charge in [-0.3, -0.25) is 4.98 Å². The highest BCUT2D eigenvalue weighted by molar-refractivity contribution is 5.99. The summed E-state index contributed by atoms with van der Waals surface area (Å²) in [5.41, 5.74) is 3.93. The van der Waals surface area contributed by atoms with Crippen molar-refractivity contribution in [3.05, 3.63) is 90.0 Å². The molecule has 0 amide bonds. The highest BCUT2D eigenvalue weighted by atomic mass is 19.1. The molecule has 7 nitrogen and oxygen atoms in total. The Bertz CT molecular complexity index is 1900. The molecule has 0 radical (unpaired) electrons. The van der Waals surface area contributed by atoms with Crippen molar-refractivity contribution in [2.75, 3.05) is 37.0 Å². The summed E-state index contributed by atoms with van der Waals surface area (Å²) in [7, 11) is 1.41. The number of anilines is 3. The van der Waals surface area contributed by atoms with Crippen molar-refractivity contribution in [3.63, 3.8) is 0 Å². The van der Waals surface area contributed by atoms with Gasteiger partial charge in [-0.05, 0) is 48.6 Å². The fourth-order valence-electron chi connectivity index (χ4n) is 5.97. The van der Waals surface area contributed by atoms with Crippen molar-refractivity contribution in [1.82, 2.24) is 15.0 Å². The van der Waals surface area contributed by atoms with Gasteiger partial charge < -0.3 is 19.7 Å². The van der Waals surface area contributed by atoms with Crippen LogP contribution in [-0.2, 0) is 4.74 Å². The Hall–Kier alpha value is -4.70. The summed E-state index contributed by atoms with van der Waals surface area (Å²) in [5, 5.41) is 3.57. The molecule has 0 aliphatic carbocycles. The lowest BCUT2D eigenvalue weighted by molar-refractivity contribution is 0.0149. The van der Waals surface area contributed by atoms with Crippen molar-refractivity contribution in [1.29, 1.82) is 0 Å². The van der Waals surface area contributed by atoms with E-state index in [-0.39, 0.29) is 28.2 Å². The summed E-state index contributed by atoms with van der Waals surface area (Å²) in [6, 6.07) is 14.0. The molecule has 238 valence electrons. The van der Waals surface area contributed by atoms with Crippen LogP contribution in [0.2, 0.25) is 0 Å². The van der Waals surface area contributed by atoms with Crippen LogP contribution in [0.4, 0.5) is 30.4 Å². The number of nitrogens with zero attached hydrogens (tertiary/aromatic N) is 4.